The molecule has 1 aromatic heterocycles. The Morgan fingerprint density at radius 1 is 1.27 bits per heavy atom. The highest BCUT2D eigenvalue weighted by Crippen LogP contribution is 2.29. The van der Waals surface area contributed by atoms with Crippen LogP contribution in [-0.4, -0.2) is 29.4 Å². The molecule has 0 unspecified atom stereocenters. The fourth-order valence-electron chi connectivity index (χ4n) is 2.57. The van der Waals surface area contributed by atoms with Crippen molar-refractivity contribution in [2.45, 2.75) is 38.7 Å². The predicted molar refractivity (Wildman–Crippen MR) is 91.2 cm³/mol. The third-order valence-corrected chi connectivity index (χ3v) is 5.12. The zero-order valence-corrected chi connectivity index (χ0v) is 14.2. The summed E-state index contributed by atoms with van der Waals surface area (Å²) in [4.78, 5) is 2.31. The number of benzene rings is 1. The fraction of sp³-hybridized carbons (Fsp3) is 0.500. The average Bonchev–Trinajstić information content (AvgIpc) is 2.99. The number of anilines is 1. The van der Waals surface area contributed by atoms with Gasteiger partial charge >= 0.3 is 0 Å². The summed E-state index contributed by atoms with van der Waals surface area (Å²) in [5.74, 6) is 0.781. The highest BCUT2D eigenvalue weighted by Gasteiger charge is 2.23. The molecule has 2 aromatic rings. The van der Waals surface area contributed by atoms with Gasteiger partial charge in [-0.2, -0.15) is 0 Å². The Morgan fingerprint density at radius 3 is 2.77 bits per heavy atom. The quantitative estimate of drug-likeness (QED) is 0.820. The second kappa shape index (κ2) is 7.29. The van der Waals surface area contributed by atoms with Gasteiger partial charge in [0.1, 0.15) is 16.9 Å². The Kier molecular flexibility index (Phi) is 5.16. The molecule has 0 amide bonds. The van der Waals surface area contributed by atoms with Crippen LogP contribution in [0, 0.1) is 0 Å². The largest absolute Gasteiger partial charge is 0.489 e. The normalized spacial score (nSPS) is 16.0. The molecular formula is C16H20ClN3OS. The number of aryl methyl sites for hydroxylation is 1. The molecule has 4 nitrogen and oxygen atoms in total. The number of aromatic nitrogens is 2. The van der Waals surface area contributed by atoms with E-state index in [0.29, 0.717) is 5.02 Å². The minimum atomic E-state index is 0.221. The summed E-state index contributed by atoms with van der Waals surface area (Å²) < 4.78 is 6.02. The van der Waals surface area contributed by atoms with Crippen LogP contribution in [0.15, 0.2) is 24.3 Å². The van der Waals surface area contributed by atoms with Crippen LogP contribution < -0.4 is 9.64 Å². The zero-order valence-electron chi connectivity index (χ0n) is 12.7. The maximum atomic E-state index is 6.15. The van der Waals surface area contributed by atoms with Crippen molar-refractivity contribution in [3.05, 3.63) is 34.3 Å². The average molecular weight is 338 g/mol. The van der Waals surface area contributed by atoms with Gasteiger partial charge in [0.25, 0.3) is 0 Å². The minimum Gasteiger partial charge on any atom is -0.489 e. The molecule has 0 spiro atoms. The lowest BCUT2D eigenvalue weighted by atomic mass is 10.1. The molecule has 0 atom stereocenters. The third-order valence-electron chi connectivity index (χ3n) is 3.76. The van der Waals surface area contributed by atoms with Crippen molar-refractivity contribution in [2.75, 3.05) is 18.0 Å². The van der Waals surface area contributed by atoms with E-state index in [1.54, 1.807) is 11.3 Å². The van der Waals surface area contributed by atoms with Crippen molar-refractivity contribution >= 4 is 28.1 Å². The summed E-state index contributed by atoms with van der Waals surface area (Å²) in [7, 11) is 0. The predicted octanol–water partition coefficient (Wildman–Crippen LogP) is 4.19. The van der Waals surface area contributed by atoms with Gasteiger partial charge in [0.15, 0.2) is 0 Å². The second-order valence-corrected chi connectivity index (χ2v) is 6.91. The molecule has 0 radical (unpaired) electrons. The highest BCUT2D eigenvalue weighted by molar-refractivity contribution is 7.15. The molecule has 1 aliphatic heterocycles. The van der Waals surface area contributed by atoms with Crippen molar-refractivity contribution in [1.29, 1.82) is 0 Å². The van der Waals surface area contributed by atoms with E-state index in [1.165, 1.54) is 0 Å². The van der Waals surface area contributed by atoms with Crippen molar-refractivity contribution in [3.8, 4) is 5.75 Å². The molecule has 3 rings (SSSR count). The Labute approximate surface area is 140 Å². The van der Waals surface area contributed by atoms with Gasteiger partial charge in [0, 0.05) is 32.4 Å². The van der Waals surface area contributed by atoms with Crippen molar-refractivity contribution in [1.82, 2.24) is 10.2 Å². The standard InChI is InChI=1S/C16H20ClN3OS/c1-2-5-15-18-19-16(22-15)20-10-8-12(9-11-20)21-14-7-4-3-6-13(14)17/h3-4,6-7,12H,2,5,8-11H2,1H3. The van der Waals surface area contributed by atoms with Crippen molar-refractivity contribution in [3.63, 3.8) is 0 Å². The summed E-state index contributed by atoms with van der Waals surface area (Å²) in [6.45, 7) is 4.07. The number of ether oxygens (including phenoxy) is 1. The first-order chi connectivity index (χ1) is 10.8. The molecule has 22 heavy (non-hydrogen) atoms. The second-order valence-electron chi connectivity index (χ2n) is 5.46. The molecule has 0 bridgehead atoms. The van der Waals surface area contributed by atoms with Gasteiger partial charge in [-0.3, -0.25) is 0 Å². The van der Waals surface area contributed by atoms with Crippen LogP contribution in [0.5, 0.6) is 5.75 Å². The van der Waals surface area contributed by atoms with E-state index < -0.39 is 0 Å². The third kappa shape index (κ3) is 3.70. The number of hydrogen-bond acceptors (Lipinski definition) is 5. The molecule has 2 heterocycles. The molecule has 118 valence electrons. The Hall–Kier alpha value is -1.33. The molecular weight excluding hydrogens is 318 g/mol. The molecule has 1 aliphatic rings. The summed E-state index contributed by atoms with van der Waals surface area (Å²) in [6.07, 6.45) is 4.31. The van der Waals surface area contributed by atoms with E-state index in [2.05, 4.69) is 22.0 Å². The topological polar surface area (TPSA) is 38.2 Å². The molecule has 6 heteroatoms. The smallest absolute Gasteiger partial charge is 0.208 e. The van der Waals surface area contributed by atoms with Crippen LogP contribution in [0.25, 0.3) is 0 Å². The number of halogens is 1. The first kappa shape index (κ1) is 15.6. The highest BCUT2D eigenvalue weighted by atomic mass is 35.5. The van der Waals surface area contributed by atoms with E-state index in [4.69, 9.17) is 16.3 Å². The van der Waals surface area contributed by atoms with Gasteiger partial charge in [0.05, 0.1) is 5.02 Å². The molecule has 0 N–H and O–H groups in total. The molecule has 1 fully saturated rings. The minimum absolute atomic E-state index is 0.221. The van der Waals surface area contributed by atoms with Crippen LogP contribution in [0.2, 0.25) is 5.02 Å². The van der Waals surface area contributed by atoms with Gasteiger partial charge < -0.3 is 9.64 Å². The molecule has 1 aromatic carbocycles. The molecule has 1 saturated heterocycles. The summed E-state index contributed by atoms with van der Waals surface area (Å²) in [5.41, 5.74) is 0. The Balaban J connectivity index is 1.54. The van der Waals surface area contributed by atoms with Gasteiger partial charge in [-0.15, -0.1) is 10.2 Å². The van der Waals surface area contributed by atoms with Gasteiger partial charge in [-0.25, -0.2) is 0 Å². The van der Waals surface area contributed by atoms with Crippen LogP contribution in [-0.2, 0) is 6.42 Å². The lowest BCUT2D eigenvalue weighted by Crippen LogP contribution is -2.38. The van der Waals surface area contributed by atoms with E-state index in [-0.39, 0.29) is 6.10 Å². The van der Waals surface area contributed by atoms with Crippen LogP contribution in [0.4, 0.5) is 5.13 Å². The maximum Gasteiger partial charge on any atom is 0.208 e. The van der Waals surface area contributed by atoms with Crippen LogP contribution in [0.1, 0.15) is 31.2 Å². The fourth-order valence-corrected chi connectivity index (χ4v) is 3.74. The van der Waals surface area contributed by atoms with Crippen molar-refractivity contribution in [2.24, 2.45) is 0 Å². The first-order valence-electron chi connectivity index (χ1n) is 7.74. The summed E-state index contributed by atoms with van der Waals surface area (Å²) >= 11 is 7.86. The summed E-state index contributed by atoms with van der Waals surface area (Å²) in [5, 5.41) is 11.4. The zero-order chi connectivity index (χ0) is 15.4. The van der Waals surface area contributed by atoms with E-state index in [0.717, 1.165) is 54.7 Å². The van der Waals surface area contributed by atoms with E-state index in [1.807, 2.05) is 24.3 Å². The number of para-hydroxylation sites is 1. The van der Waals surface area contributed by atoms with Crippen molar-refractivity contribution < 1.29 is 4.74 Å². The number of rotatable bonds is 5. The van der Waals surface area contributed by atoms with Crippen LogP contribution in [0.3, 0.4) is 0 Å². The molecule has 0 saturated carbocycles. The van der Waals surface area contributed by atoms with Crippen LogP contribution >= 0.6 is 22.9 Å². The first-order valence-corrected chi connectivity index (χ1v) is 8.94. The van der Waals surface area contributed by atoms with Gasteiger partial charge in [0.2, 0.25) is 5.13 Å². The Morgan fingerprint density at radius 2 is 2.05 bits per heavy atom. The lowest BCUT2D eigenvalue weighted by Gasteiger charge is -2.31. The van der Waals surface area contributed by atoms with Gasteiger partial charge in [-0.1, -0.05) is 42.0 Å². The van der Waals surface area contributed by atoms with E-state index in [9.17, 15) is 0 Å². The van der Waals surface area contributed by atoms with E-state index >= 15 is 0 Å². The Bertz CT molecular complexity index is 611. The maximum absolute atomic E-state index is 6.15. The number of nitrogens with zero attached hydrogens (tertiary/aromatic N) is 3. The monoisotopic (exact) mass is 337 g/mol. The number of piperidine rings is 1. The number of hydrogen-bond donors (Lipinski definition) is 0. The molecule has 0 aliphatic carbocycles. The lowest BCUT2D eigenvalue weighted by molar-refractivity contribution is 0.171. The van der Waals surface area contributed by atoms with Gasteiger partial charge in [-0.05, 0) is 18.6 Å². The SMILES string of the molecule is CCCc1nnc(N2CCC(Oc3ccccc3Cl)CC2)s1. The summed E-state index contributed by atoms with van der Waals surface area (Å²) in [6, 6.07) is 7.66.